The van der Waals surface area contributed by atoms with E-state index in [4.69, 9.17) is 9.84 Å². The molecule has 0 aliphatic heterocycles. The molecule has 0 atom stereocenters. The predicted octanol–water partition coefficient (Wildman–Crippen LogP) is 4.91. The van der Waals surface area contributed by atoms with Crippen molar-refractivity contribution in [2.24, 2.45) is 0 Å². The molecule has 1 rings (SSSR count). The summed E-state index contributed by atoms with van der Waals surface area (Å²) in [5.41, 5.74) is -0.143. The van der Waals surface area contributed by atoms with Gasteiger partial charge in [-0.05, 0) is 18.4 Å². The number of nitrogens with zero attached hydrogens (tertiary/aromatic N) is 2. The fourth-order valence-corrected chi connectivity index (χ4v) is 2.87. The van der Waals surface area contributed by atoms with Gasteiger partial charge in [0.05, 0.1) is 22.5 Å². The molecule has 0 fully saturated rings. The van der Waals surface area contributed by atoms with E-state index in [1.165, 1.54) is 44.2 Å². The third-order valence-electron chi connectivity index (χ3n) is 4.35. The fraction of sp³-hybridized carbons (Fsp3) is 0.684. The number of rotatable bonds is 16. The van der Waals surface area contributed by atoms with E-state index < -0.39 is 9.85 Å². The average Bonchev–Trinajstić information content (AvgIpc) is 2.65. The Morgan fingerprint density at radius 2 is 1.19 bits per heavy atom. The van der Waals surface area contributed by atoms with Crippen molar-refractivity contribution in [1.82, 2.24) is 0 Å². The molecular formula is C19H30N2O6. The van der Waals surface area contributed by atoms with Crippen LogP contribution < -0.4 is 0 Å². The van der Waals surface area contributed by atoms with Gasteiger partial charge in [0.15, 0.2) is 0 Å². The smallest absolute Gasteiger partial charge is 0.276 e. The predicted molar refractivity (Wildman–Crippen MR) is 103 cm³/mol. The molecule has 0 bridgehead atoms. The van der Waals surface area contributed by atoms with E-state index in [2.05, 4.69) is 0 Å². The van der Waals surface area contributed by atoms with E-state index in [1.807, 2.05) is 0 Å². The number of aliphatic hydroxyl groups is 1. The molecule has 8 nitrogen and oxygen atoms in total. The highest BCUT2D eigenvalue weighted by Crippen LogP contribution is 2.23. The Hall–Kier alpha value is -2.06. The monoisotopic (exact) mass is 382 g/mol. The SMILES string of the molecule is O=[N+]([O-])c1cc(COCCCCCCCCCCCCO)cc([N+](=O)[O-])c1. The van der Waals surface area contributed by atoms with Crippen LogP contribution in [0.25, 0.3) is 0 Å². The molecule has 0 aromatic heterocycles. The second kappa shape index (κ2) is 14.1. The van der Waals surface area contributed by atoms with Crippen molar-refractivity contribution in [2.75, 3.05) is 13.2 Å². The Morgan fingerprint density at radius 3 is 1.63 bits per heavy atom. The number of aliphatic hydroxyl groups excluding tert-OH is 1. The molecule has 27 heavy (non-hydrogen) atoms. The van der Waals surface area contributed by atoms with Crippen molar-refractivity contribution in [3.05, 3.63) is 44.0 Å². The van der Waals surface area contributed by atoms with Crippen molar-refractivity contribution >= 4 is 11.4 Å². The topological polar surface area (TPSA) is 116 Å². The minimum Gasteiger partial charge on any atom is -0.396 e. The van der Waals surface area contributed by atoms with Crippen LogP contribution in [-0.4, -0.2) is 28.2 Å². The number of hydrogen-bond acceptors (Lipinski definition) is 6. The van der Waals surface area contributed by atoms with Crippen LogP contribution in [0, 0.1) is 20.2 Å². The summed E-state index contributed by atoms with van der Waals surface area (Å²) in [6.07, 6.45) is 11.3. The summed E-state index contributed by atoms with van der Waals surface area (Å²) in [6.45, 7) is 0.966. The number of ether oxygens (including phenoxy) is 1. The summed E-state index contributed by atoms with van der Waals surface area (Å²) in [4.78, 5) is 20.4. The van der Waals surface area contributed by atoms with E-state index in [0.29, 0.717) is 18.8 Å². The lowest BCUT2D eigenvalue weighted by molar-refractivity contribution is -0.394. The van der Waals surface area contributed by atoms with Crippen LogP contribution in [0.2, 0.25) is 0 Å². The third-order valence-corrected chi connectivity index (χ3v) is 4.35. The highest BCUT2D eigenvalue weighted by Gasteiger charge is 2.16. The first-order chi connectivity index (χ1) is 13.0. The van der Waals surface area contributed by atoms with Crippen molar-refractivity contribution in [2.45, 2.75) is 70.8 Å². The maximum atomic E-state index is 10.8. The van der Waals surface area contributed by atoms with Crippen LogP contribution in [-0.2, 0) is 11.3 Å². The molecule has 0 heterocycles. The standard InChI is InChI=1S/C19H30N2O6/c22-11-9-7-5-3-1-2-4-6-8-10-12-27-16-17-13-18(20(23)24)15-19(14-17)21(25)26/h13-15,22H,1-12,16H2. The summed E-state index contributed by atoms with van der Waals surface area (Å²) >= 11 is 0. The van der Waals surface area contributed by atoms with Gasteiger partial charge in [0, 0.05) is 25.3 Å². The third kappa shape index (κ3) is 10.6. The summed E-state index contributed by atoms with van der Waals surface area (Å²) in [7, 11) is 0. The minimum atomic E-state index is -0.636. The van der Waals surface area contributed by atoms with Crippen LogP contribution in [0.15, 0.2) is 18.2 Å². The van der Waals surface area contributed by atoms with E-state index in [9.17, 15) is 20.2 Å². The van der Waals surface area contributed by atoms with Gasteiger partial charge in [-0.1, -0.05) is 51.4 Å². The average molecular weight is 382 g/mol. The maximum Gasteiger partial charge on any atom is 0.276 e. The lowest BCUT2D eigenvalue weighted by Gasteiger charge is -2.05. The van der Waals surface area contributed by atoms with Crippen molar-refractivity contribution in [3.63, 3.8) is 0 Å². The maximum absolute atomic E-state index is 10.8. The molecule has 0 aliphatic rings. The Labute approximate surface area is 159 Å². The molecule has 0 amide bonds. The largest absolute Gasteiger partial charge is 0.396 e. The lowest BCUT2D eigenvalue weighted by atomic mass is 10.1. The van der Waals surface area contributed by atoms with Crippen LogP contribution in [0.4, 0.5) is 11.4 Å². The zero-order valence-electron chi connectivity index (χ0n) is 15.8. The highest BCUT2D eigenvalue weighted by atomic mass is 16.6. The van der Waals surface area contributed by atoms with E-state index in [-0.39, 0.29) is 18.0 Å². The normalized spacial score (nSPS) is 10.9. The Bertz CT molecular complexity index is 547. The first-order valence-corrected chi connectivity index (χ1v) is 9.66. The first kappa shape index (κ1) is 23.0. The minimum absolute atomic E-state index is 0.135. The summed E-state index contributed by atoms with van der Waals surface area (Å²) in [5.74, 6) is 0. The zero-order chi connectivity index (χ0) is 19.9. The summed E-state index contributed by atoms with van der Waals surface area (Å²) < 4.78 is 5.51. The summed E-state index contributed by atoms with van der Waals surface area (Å²) in [5, 5.41) is 30.4. The number of nitro groups is 2. The van der Waals surface area contributed by atoms with Crippen molar-refractivity contribution in [1.29, 1.82) is 0 Å². The van der Waals surface area contributed by atoms with Gasteiger partial charge >= 0.3 is 0 Å². The van der Waals surface area contributed by atoms with Crippen LogP contribution in [0.3, 0.4) is 0 Å². The molecule has 8 heteroatoms. The molecule has 0 radical (unpaired) electrons. The van der Waals surface area contributed by atoms with Gasteiger partial charge in [0.25, 0.3) is 11.4 Å². The quantitative estimate of drug-likeness (QED) is 0.247. The number of non-ortho nitro benzene ring substituents is 2. The molecule has 0 spiro atoms. The molecule has 1 aromatic rings. The van der Waals surface area contributed by atoms with Gasteiger partial charge in [-0.25, -0.2) is 0 Å². The molecular weight excluding hydrogens is 352 g/mol. The molecule has 0 unspecified atom stereocenters. The molecule has 1 N–H and O–H groups in total. The van der Waals surface area contributed by atoms with Crippen LogP contribution >= 0.6 is 0 Å². The van der Waals surface area contributed by atoms with E-state index in [0.717, 1.165) is 38.2 Å². The van der Waals surface area contributed by atoms with E-state index in [1.54, 1.807) is 0 Å². The second-order valence-corrected chi connectivity index (χ2v) is 6.68. The Balaban J connectivity index is 2.11. The van der Waals surface area contributed by atoms with Crippen LogP contribution in [0.1, 0.15) is 69.8 Å². The fourth-order valence-electron chi connectivity index (χ4n) is 2.87. The van der Waals surface area contributed by atoms with Crippen LogP contribution in [0.5, 0.6) is 0 Å². The summed E-state index contributed by atoms with van der Waals surface area (Å²) in [6, 6.07) is 3.58. The van der Waals surface area contributed by atoms with Gasteiger partial charge in [0.2, 0.25) is 0 Å². The Morgan fingerprint density at radius 1 is 0.741 bits per heavy atom. The highest BCUT2D eigenvalue weighted by molar-refractivity contribution is 5.46. The Kier molecular flexibility index (Phi) is 12.0. The molecule has 152 valence electrons. The number of benzene rings is 1. The van der Waals surface area contributed by atoms with Gasteiger partial charge in [-0.2, -0.15) is 0 Å². The molecule has 0 saturated heterocycles. The second-order valence-electron chi connectivity index (χ2n) is 6.68. The van der Waals surface area contributed by atoms with Gasteiger partial charge in [-0.15, -0.1) is 0 Å². The van der Waals surface area contributed by atoms with Crippen molar-refractivity contribution < 1.29 is 19.7 Å². The number of nitro benzene ring substituents is 2. The number of hydrogen-bond donors (Lipinski definition) is 1. The van der Waals surface area contributed by atoms with Crippen molar-refractivity contribution in [3.8, 4) is 0 Å². The number of unbranched alkanes of at least 4 members (excludes halogenated alkanes) is 9. The van der Waals surface area contributed by atoms with E-state index >= 15 is 0 Å². The van der Waals surface area contributed by atoms with Gasteiger partial charge in [0.1, 0.15) is 0 Å². The molecule has 0 saturated carbocycles. The van der Waals surface area contributed by atoms with Gasteiger partial charge < -0.3 is 9.84 Å². The molecule has 0 aliphatic carbocycles. The zero-order valence-corrected chi connectivity index (χ0v) is 15.8. The first-order valence-electron chi connectivity index (χ1n) is 9.66. The van der Waals surface area contributed by atoms with Gasteiger partial charge in [-0.3, -0.25) is 20.2 Å². The lowest BCUT2D eigenvalue weighted by Crippen LogP contribution is -1.99. The molecule has 1 aromatic carbocycles.